The Morgan fingerprint density at radius 1 is 0.786 bits per heavy atom. The van der Waals surface area contributed by atoms with Gasteiger partial charge in [0, 0.05) is 27.0 Å². The van der Waals surface area contributed by atoms with Gasteiger partial charge in [-0.25, -0.2) is 0 Å². The summed E-state index contributed by atoms with van der Waals surface area (Å²) < 4.78 is 5.45. The molecule has 0 saturated carbocycles. The van der Waals surface area contributed by atoms with Crippen LogP contribution >= 0.6 is 23.2 Å². The first-order valence-electron chi connectivity index (χ1n) is 8.35. The van der Waals surface area contributed by atoms with Crippen molar-refractivity contribution < 1.29 is 14.3 Å². The van der Waals surface area contributed by atoms with Crippen molar-refractivity contribution in [3.05, 3.63) is 88.4 Å². The molecular weight excluding hydrogens is 399 g/mol. The number of anilines is 2. The Morgan fingerprint density at radius 3 is 2.18 bits per heavy atom. The molecule has 0 atom stereocenters. The van der Waals surface area contributed by atoms with E-state index >= 15 is 0 Å². The maximum Gasteiger partial charge on any atom is 0.262 e. The zero-order valence-corrected chi connectivity index (χ0v) is 16.1. The van der Waals surface area contributed by atoms with E-state index < -0.39 is 0 Å². The second kappa shape index (κ2) is 9.26. The summed E-state index contributed by atoms with van der Waals surface area (Å²) in [6.45, 7) is -0.164. The minimum Gasteiger partial charge on any atom is -0.484 e. The van der Waals surface area contributed by atoms with Crippen molar-refractivity contribution in [2.75, 3.05) is 17.2 Å². The first kappa shape index (κ1) is 19.7. The quantitative estimate of drug-likeness (QED) is 0.577. The predicted octanol–water partition coefficient (Wildman–Crippen LogP) is 5.26. The van der Waals surface area contributed by atoms with Gasteiger partial charge in [0.1, 0.15) is 5.75 Å². The minimum absolute atomic E-state index is 0.164. The molecule has 0 heterocycles. The third kappa shape index (κ3) is 5.74. The molecule has 2 N–H and O–H groups in total. The van der Waals surface area contributed by atoms with Gasteiger partial charge in [-0.05, 0) is 66.7 Å². The number of benzene rings is 3. The second-order valence-electron chi connectivity index (χ2n) is 5.83. The van der Waals surface area contributed by atoms with Gasteiger partial charge >= 0.3 is 0 Å². The Bertz CT molecular complexity index is 974. The second-order valence-corrected chi connectivity index (χ2v) is 6.71. The summed E-state index contributed by atoms with van der Waals surface area (Å²) in [5.41, 5.74) is 1.70. The van der Waals surface area contributed by atoms with E-state index in [1.54, 1.807) is 72.8 Å². The highest BCUT2D eigenvalue weighted by Crippen LogP contribution is 2.17. The number of nitrogens with one attached hydrogen (secondary N) is 2. The first-order valence-corrected chi connectivity index (χ1v) is 9.10. The third-order valence-corrected chi connectivity index (χ3v) is 4.18. The highest BCUT2D eigenvalue weighted by Gasteiger charge is 2.08. The molecule has 3 aromatic carbocycles. The molecule has 142 valence electrons. The van der Waals surface area contributed by atoms with E-state index in [-0.39, 0.29) is 18.4 Å². The summed E-state index contributed by atoms with van der Waals surface area (Å²) >= 11 is 11.7. The van der Waals surface area contributed by atoms with Crippen molar-refractivity contribution in [1.82, 2.24) is 0 Å². The smallest absolute Gasteiger partial charge is 0.262 e. The first-order chi connectivity index (χ1) is 13.5. The summed E-state index contributed by atoms with van der Waals surface area (Å²) in [7, 11) is 0. The Hall–Kier alpha value is -3.02. The molecule has 0 radical (unpaired) electrons. The molecule has 0 unspecified atom stereocenters. The average molecular weight is 415 g/mol. The van der Waals surface area contributed by atoms with Gasteiger partial charge in [0.15, 0.2) is 6.61 Å². The summed E-state index contributed by atoms with van der Waals surface area (Å²) in [4.78, 5) is 24.2. The molecule has 0 saturated heterocycles. The lowest BCUT2D eigenvalue weighted by Crippen LogP contribution is -2.20. The van der Waals surface area contributed by atoms with Crippen LogP contribution in [-0.2, 0) is 4.79 Å². The molecule has 2 amide bonds. The van der Waals surface area contributed by atoms with Crippen molar-refractivity contribution in [1.29, 1.82) is 0 Å². The zero-order chi connectivity index (χ0) is 19.9. The van der Waals surface area contributed by atoms with Crippen molar-refractivity contribution in [3.8, 4) is 5.75 Å². The predicted molar refractivity (Wildman–Crippen MR) is 111 cm³/mol. The number of hydrogen-bond acceptors (Lipinski definition) is 3. The van der Waals surface area contributed by atoms with E-state index in [1.807, 2.05) is 0 Å². The van der Waals surface area contributed by atoms with Gasteiger partial charge in [0.2, 0.25) is 0 Å². The molecule has 28 heavy (non-hydrogen) atoms. The van der Waals surface area contributed by atoms with E-state index in [4.69, 9.17) is 27.9 Å². The van der Waals surface area contributed by atoms with Gasteiger partial charge in [0.05, 0.1) is 0 Å². The summed E-state index contributed by atoms with van der Waals surface area (Å²) in [5.74, 6) is -0.0938. The number of carbonyl (C=O) groups excluding carboxylic acids is 2. The number of rotatable bonds is 6. The lowest BCUT2D eigenvalue weighted by molar-refractivity contribution is -0.118. The van der Waals surface area contributed by atoms with Crippen LogP contribution in [0.25, 0.3) is 0 Å². The van der Waals surface area contributed by atoms with Crippen LogP contribution in [0.5, 0.6) is 5.75 Å². The Morgan fingerprint density at radius 2 is 1.50 bits per heavy atom. The molecule has 5 nitrogen and oxygen atoms in total. The van der Waals surface area contributed by atoms with Crippen LogP contribution in [0.4, 0.5) is 11.4 Å². The van der Waals surface area contributed by atoms with Crippen molar-refractivity contribution in [2.24, 2.45) is 0 Å². The largest absolute Gasteiger partial charge is 0.484 e. The molecule has 3 aromatic rings. The molecule has 0 spiro atoms. The van der Waals surface area contributed by atoms with Gasteiger partial charge in [-0.1, -0.05) is 29.3 Å². The molecule has 0 aliphatic carbocycles. The molecule has 0 fully saturated rings. The van der Waals surface area contributed by atoms with E-state index in [0.29, 0.717) is 32.7 Å². The van der Waals surface area contributed by atoms with Crippen LogP contribution in [0.2, 0.25) is 10.0 Å². The Kier molecular flexibility index (Phi) is 6.53. The highest BCUT2D eigenvalue weighted by atomic mass is 35.5. The summed E-state index contributed by atoms with van der Waals surface area (Å²) in [6, 6.07) is 20.2. The molecule has 0 bridgehead atoms. The fourth-order valence-electron chi connectivity index (χ4n) is 2.35. The maximum absolute atomic E-state index is 12.2. The molecule has 7 heteroatoms. The number of amides is 2. The normalized spacial score (nSPS) is 10.2. The van der Waals surface area contributed by atoms with Crippen LogP contribution in [-0.4, -0.2) is 18.4 Å². The summed E-state index contributed by atoms with van der Waals surface area (Å²) in [6.07, 6.45) is 0. The fourth-order valence-corrected chi connectivity index (χ4v) is 2.67. The molecule has 3 rings (SSSR count). The topological polar surface area (TPSA) is 67.4 Å². The van der Waals surface area contributed by atoms with Gasteiger partial charge < -0.3 is 15.4 Å². The van der Waals surface area contributed by atoms with Gasteiger partial charge in [-0.15, -0.1) is 0 Å². The maximum atomic E-state index is 12.2. The van der Waals surface area contributed by atoms with Crippen molar-refractivity contribution in [2.45, 2.75) is 0 Å². The Labute approximate surface area is 172 Å². The van der Waals surface area contributed by atoms with Gasteiger partial charge in [0.25, 0.3) is 11.8 Å². The third-order valence-electron chi connectivity index (χ3n) is 3.70. The minimum atomic E-state index is -0.313. The van der Waals surface area contributed by atoms with E-state index in [9.17, 15) is 9.59 Å². The number of hydrogen-bond donors (Lipinski definition) is 2. The van der Waals surface area contributed by atoms with Crippen LogP contribution in [0.15, 0.2) is 72.8 Å². The van der Waals surface area contributed by atoms with Gasteiger partial charge in [-0.3, -0.25) is 9.59 Å². The SMILES string of the molecule is O=C(COc1ccc(C(=O)Nc2ccc(Cl)cc2)cc1)Nc1cccc(Cl)c1. The monoisotopic (exact) mass is 414 g/mol. The van der Waals surface area contributed by atoms with Crippen LogP contribution in [0.3, 0.4) is 0 Å². The molecule has 0 aliphatic heterocycles. The van der Waals surface area contributed by atoms with Crippen LogP contribution < -0.4 is 15.4 Å². The van der Waals surface area contributed by atoms with Crippen molar-refractivity contribution in [3.63, 3.8) is 0 Å². The molecule has 0 aromatic heterocycles. The highest BCUT2D eigenvalue weighted by molar-refractivity contribution is 6.31. The number of halogens is 2. The Balaban J connectivity index is 1.51. The molecule has 0 aliphatic rings. The molecular formula is C21H16Cl2N2O3. The van der Waals surface area contributed by atoms with E-state index in [2.05, 4.69) is 10.6 Å². The van der Waals surface area contributed by atoms with Crippen LogP contribution in [0.1, 0.15) is 10.4 Å². The lowest BCUT2D eigenvalue weighted by atomic mass is 10.2. The van der Waals surface area contributed by atoms with Gasteiger partial charge in [-0.2, -0.15) is 0 Å². The van der Waals surface area contributed by atoms with Crippen LogP contribution in [0, 0.1) is 0 Å². The summed E-state index contributed by atoms with van der Waals surface area (Å²) in [5, 5.41) is 6.60. The number of carbonyl (C=O) groups is 2. The fraction of sp³-hybridized carbons (Fsp3) is 0.0476. The lowest BCUT2D eigenvalue weighted by Gasteiger charge is -2.09. The van der Waals surface area contributed by atoms with E-state index in [1.165, 1.54) is 0 Å². The zero-order valence-electron chi connectivity index (χ0n) is 14.6. The standard InChI is InChI=1S/C21H16Cl2N2O3/c22-15-6-8-17(9-7-15)25-21(27)14-4-10-19(11-5-14)28-13-20(26)24-18-3-1-2-16(23)12-18/h1-12H,13H2,(H,24,26)(H,25,27). The number of ether oxygens (including phenoxy) is 1. The van der Waals surface area contributed by atoms with E-state index in [0.717, 1.165) is 0 Å². The average Bonchev–Trinajstić information content (AvgIpc) is 2.68. The van der Waals surface area contributed by atoms with Crippen molar-refractivity contribution >= 4 is 46.4 Å².